The van der Waals surface area contributed by atoms with E-state index >= 15 is 0 Å². The normalized spacial score (nSPS) is 10.2. The summed E-state index contributed by atoms with van der Waals surface area (Å²) in [5.41, 5.74) is 8.80. The Morgan fingerprint density at radius 1 is 1.24 bits per heavy atom. The lowest BCUT2D eigenvalue weighted by Gasteiger charge is -2.20. The number of rotatable bonds is 5. The van der Waals surface area contributed by atoms with Crippen LogP contribution >= 0.6 is 28.1 Å². The predicted molar refractivity (Wildman–Crippen MR) is 95.1 cm³/mol. The molecule has 5 heteroatoms. The van der Waals surface area contributed by atoms with Crippen LogP contribution in [0.5, 0.6) is 5.75 Å². The smallest absolute Gasteiger partial charge is 0.133 e. The van der Waals surface area contributed by atoms with Gasteiger partial charge < -0.3 is 15.4 Å². The first-order valence-electron chi connectivity index (χ1n) is 6.44. The lowest BCUT2D eigenvalue weighted by Crippen LogP contribution is -2.17. The molecule has 110 valence electrons. The number of methoxy groups -OCH3 is 1. The summed E-state index contributed by atoms with van der Waals surface area (Å²) in [6.45, 7) is 0.801. The summed E-state index contributed by atoms with van der Waals surface area (Å²) in [7, 11) is 3.71. The van der Waals surface area contributed by atoms with Crippen LogP contribution in [0.4, 0.5) is 5.69 Å². The van der Waals surface area contributed by atoms with Crippen LogP contribution in [0, 0.1) is 0 Å². The van der Waals surface area contributed by atoms with E-state index in [2.05, 4.69) is 33.0 Å². The van der Waals surface area contributed by atoms with Crippen molar-refractivity contribution in [1.29, 1.82) is 0 Å². The molecule has 0 bridgehead atoms. The van der Waals surface area contributed by atoms with E-state index < -0.39 is 0 Å². The number of anilines is 1. The summed E-state index contributed by atoms with van der Waals surface area (Å²) in [6, 6.07) is 14.0. The van der Waals surface area contributed by atoms with Crippen molar-refractivity contribution in [2.24, 2.45) is 5.73 Å². The molecule has 2 aromatic rings. The minimum absolute atomic E-state index is 0.420. The molecule has 3 nitrogen and oxygen atoms in total. The molecule has 0 atom stereocenters. The minimum Gasteiger partial charge on any atom is -0.496 e. The molecule has 0 fully saturated rings. The number of thiocarbonyl (C=S) groups is 1. The average Bonchev–Trinajstić information content (AvgIpc) is 2.47. The second-order valence-corrected chi connectivity index (χ2v) is 6.03. The molecule has 0 aromatic heterocycles. The van der Waals surface area contributed by atoms with E-state index in [9.17, 15) is 0 Å². The second kappa shape index (κ2) is 6.91. The third-order valence-corrected chi connectivity index (χ3v) is 4.08. The lowest BCUT2D eigenvalue weighted by molar-refractivity contribution is 0.412. The zero-order valence-electron chi connectivity index (χ0n) is 12.0. The SMILES string of the molecule is COc1ccc(CN(C)c2ccc(C(N)=S)cc2)cc1Br. The third kappa shape index (κ3) is 3.95. The van der Waals surface area contributed by atoms with Crippen molar-refractivity contribution in [2.45, 2.75) is 6.54 Å². The molecule has 0 spiro atoms. The maximum atomic E-state index is 5.61. The molecule has 0 saturated heterocycles. The fourth-order valence-corrected chi connectivity index (χ4v) is 2.78. The van der Waals surface area contributed by atoms with Gasteiger partial charge in [-0.05, 0) is 57.9 Å². The van der Waals surface area contributed by atoms with E-state index in [1.165, 1.54) is 5.56 Å². The number of halogens is 1. The number of hydrogen-bond acceptors (Lipinski definition) is 3. The first-order valence-corrected chi connectivity index (χ1v) is 7.65. The Labute approximate surface area is 138 Å². The molecule has 0 unspecified atom stereocenters. The van der Waals surface area contributed by atoms with Crippen molar-refractivity contribution < 1.29 is 4.74 Å². The van der Waals surface area contributed by atoms with Gasteiger partial charge >= 0.3 is 0 Å². The first-order chi connectivity index (χ1) is 10.0. The summed E-state index contributed by atoms with van der Waals surface area (Å²) in [5, 5.41) is 0. The molecule has 2 aromatic carbocycles. The third-order valence-electron chi connectivity index (χ3n) is 3.23. The van der Waals surface area contributed by atoms with Gasteiger partial charge in [0.1, 0.15) is 10.7 Å². The molecular weight excluding hydrogens is 348 g/mol. The number of benzene rings is 2. The lowest BCUT2D eigenvalue weighted by atomic mass is 10.1. The van der Waals surface area contributed by atoms with Gasteiger partial charge in [-0.2, -0.15) is 0 Å². The molecular formula is C16H17BrN2OS. The molecule has 0 heterocycles. The van der Waals surface area contributed by atoms with Crippen molar-refractivity contribution in [2.75, 3.05) is 19.1 Å². The number of hydrogen-bond donors (Lipinski definition) is 1. The minimum atomic E-state index is 0.420. The van der Waals surface area contributed by atoms with Crippen LogP contribution in [-0.2, 0) is 6.54 Å². The zero-order valence-corrected chi connectivity index (χ0v) is 14.4. The molecule has 0 amide bonds. The summed E-state index contributed by atoms with van der Waals surface area (Å²) < 4.78 is 6.20. The Bertz CT molecular complexity index is 643. The van der Waals surface area contributed by atoms with Gasteiger partial charge in [0.2, 0.25) is 0 Å². The van der Waals surface area contributed by atoms with Crippen molar-refractivity contribution >= 4 is 38.8 Å². The van der Waals surface area contributed by atoms with Crippen LogP contribution in [0.25, 0.3) is 0 Å². The van der Waals surface area contributed by atoms with Crippen LogP contribution < -0.4 is 15.4 Å². The second-order valence-electron chi connectivity index (χ2n) is 4.74. The van der Waals surface area contributed by atoms with Gasteiger partial charge in [0.25, 0.3) is 0 Å². The molecule has 0 radical (unpaired) electrons. The van der Waals surface area contributed by atoms with Crippen LogP contribution in [0.3, 0.4) is 0 Å². The highest BCUT2D eigenvalue weighted by atomic mass is 79.9. The van der Waals surface area contributed by atoms with Crippen LogP contribution in [0.15, 0.2) is 46.9 Å². The molecule has 2 N–H and O–H groups in total. The van der Waals surface area contributed by atoms with Gasteiger partial charge in [-0.1, -0.05) is 18.3 Å². The van der Waals surface area contributed by atoms with E-state index in [0.717, 1.165) is 28.0 Å². The van der Waals surface area contributed by atoms with Gasteiger partial charge in [-0.25, -0.2) is 0 Å². The largest absolute Gasteiger partial charge is 0.496 e. The highest BCUT2D eigenvalue weighted by Gasteiger charge is 2.06. The van der Waals surface area contributed by atoms with E-state index in [4.69, 9.17) is 22.7 Å². The number of ether oxygens (including phenoxy) is 1. The van der Waals surface area contributed by atoms with Crippen LogP contribution in [0.1, 0.15) is 11.1 Å². The Balaban J connectivity index is 2.12. The fourth-order valence-electron chi connectivity index (χ4n) is 2.05. The number of nitrogens with two attached hydrogens (primary N) is 1. The number of nitrogens with zero attached hydrogens (tertiary/aromatic N) is 1. The molecule has 0 aliphatic carbocycles. The van der Waals surface area contributed by atoms with Gasteiger partial charge in [-0.3, -0.25) is 0 Å². The van der Waals surface area contributed by atoms with Gasteiger partial charge in [0.05, 0.1) is 11.6 Å². The Morgan fingerprint density at radius 3 is 2.43 bits per heavy atom. The maximum Gasteiger partial charge on any atom is 0.133 e. The van der Waals surface area contributed by atoms with E-state index in [-0.39, 0.29) is 0 Å². The van der Waals surface area contributed by atoms with E-state index in [1.54, 1.807) is 7.11 Å². The van der Waals surface area contributed by atoms with Gasteiger partial charge in [0.15, 0.2) is 0 Å². The topological polar surface area (TPSA) is 38.5 Å². The molecule has 2 rings (SSSR count). The van der Waals surface area contributed by atoms with Crippen molar-refractivity contribution in [3.05, 3.63) is 58.1 Å². The Hall–Kier alpha value is -1.59. The quantitative estimate of drug-likeness (QED) is 0.820. The zero-order chi connectivity index (χ0) is 15.4. The van der Waals surface area contributed by atoms with Crippen molar-refractivity contribution in [3.8, 4) is 5.75 Å². The molecule has 0 saturated carbocycles. The highest BCUT2D eigenvalue weighted by molar-refractivity contribution is 9.10. The Kier molecular flexibility index (Phi) is 5.20. The summed E-state index contributed by atoms with van der Waals surface area (Å²) in [4.78, 5) is 2.58. The fraction of sp³-hybridized carbons (Fsp3) is 0.188. The monoisotopic (exact) mass is 364 g/mol. The van der Waals surface area contributed by atoms with E-state index in [0.29, 0.717) is 4.99 Å². The molecule has 21 heavy (non-hydrogen) atoms. The highest BCUT2D eigenvalue weighted by Crippen LogP contribution is 2.26. The summed E-state index contributed by atoms with van der Waals surface area (Å²) in [5.74, 6) is 0.835. The average molecular weight is 365 g/mol. The molecule has 0 aliphatic heterocycles. The standard InChI is InChI=1S/C16H17BrN2OS/c1-19(13-6-4-12(5-7-13)16(18)21)10-11-3-8-15(20-2)14(17)9-11/h3-9H,10H2,1-2H3,(H2,18,21). The van der Waals surface area contributed by atoms with Crippen molar-refractivity contribution in [3.63, 3.8) is 0 Å². The predicted octanol–water partition coefficient (Wildman–Crippen LogP) is 3.73. The molecule has 0 aliphatic rings. The van der Waals surface area contributed by atoms with Gasteiger partial charge in [-0.15, -0.1) is 0 Å². The van der Waals surface area contributed by atoms with Gasteiger partial charge in [0, 0.05) is 24.8 Å². The van der Waals surface area contributed by atoms with Crippen LogP contribution in [0.2, 0.25) is 0 Å². The first kappa shape index (κ1) is 15.8. The maximum absolute atomic E-state index is 5.61. The van der Waals surface area contributed by atoms with Crippen LogP contribution in [-0.4, -0.2) is 19.1 Å². The Morgan fingerprint density at radius 2 is 1.90 bits per heavy atom. The summed E-state index contributed by atoms with van der Waals surface area (Å²) in [6.07, 6.45) is 0. The van der Waals surface area contributed by atoms with E-state index in [1.807, 2.05) is 37.4 Å². The van der Waals surface area contributed by atoms with Crippen molar-refractivity contribution in [1.82, 2.24) is 0 Å². The summed E-state index contributed by atoms with van der Waals surface area (Å²) >= 11 is 8.47.